The maximum Gasteiger partial charge on any atom is 0.338 e. The molecule has 0 N–H and O–H groups in total. The molecule has 0 amide bonds. The minimum absolute atomic E-state index is 0.284. The van der Waals surface area contributed by atoms with Gasteiger partial charge in [0.2, 0.25) is 0 Å². The standard InChI is InChI=1S/C26H28N2O5/c1-3-31-26(29)20-8-4-9-21(15-20)28(18-19-7-5-13-27-17-19)22-11-12-23(30-2)24(16-22)33-25-10-6-14-32-25/h4-5,7-9,11-13,15-17,25H,3,6,10,14,18H2,1-2H3/t25-/m1/s1. The van der Waals surface area contributed by atoms with Crippen molar-refractivity contribution in [1.82, 2.24) is 4.98 Å². The predicted molar refractivity (Wildman–Crippen MR) is 125 cm³/mol. The Morgan fingerprint density at radius 3 is 2.73 bits per heavy atom. The third-order valence-corrected chi connectivity index (χ3v) is 5.34. The minimum atomic E-state index is -0.349. The van der Waals surface area contributed by atoms with E-state index in [4.69, 9.17) is 18.9 Å². The number of methoxy groups -OCH3 is 1. The number of rotatable bonds is 9. The molecule has 1 aromatic heterocycles. The third kappa shape index (κ3) is 5.62. The number of carbonyl (C=O) groups is 1. The summed E-state index contributed by atoms with van der Waals surface area (Å²) in [4.78, 5) is 18.7. The van der Waals surface area contributed by atoms with Gasteiger partial charge in [0.1, 0.15) is 0 Å². The van der Waals surface area contributed by atoms with Crippen LogP contribution in [-0.4, -0.2) is 37.6 Å². The summed E-state index contributed by atoms with van der Waals surface area (Å²) < 4.78 is 22.5. The Bertz CT molecular complexity index is 1070. The van der Waals surface area contributed by atoms with E-state index in [1.807, 2.05) is 54.7 Å². The van der Waals surface area contributed by atoms with Crippen LogP contribution in [0.15, 0.2) is 67.0 Å². The van der Waals surface area contributed by atoms with Crippen molar-refractivity contribution in [3.05, 3.63) is 78.1 Å². The second-order valence-corrected chi connectivity index (χ2v) is 7.61. The zero-order valence-electron chi connectivity index (χ0n) is 18.9. The lowest BCUT2D eigenvalue weighted by Gasteiger charge is -2.27. The SMILES string of the molecule is CCOC(=O)c1cccc(N(Cc2cccnc2)c2ccc(OC)c(O[C@@H]3CCCO3)c2)c1. The summed E-state index contributed by atoms with van der Waals surface area (Å²) in [6, 6.07) is 17.1. The molecule has 1 atom stereocenters. The normalized spacial score (nSPS) is 15.2. The summed E-state index contributed by atoms with van der Waals surface area (Å²) in [6.45, 7) is 3.36. The zero-order valence-corrected chi connectivity index (χ0v) is 18.9. The molecular formula is C26H28N2O5. The molecule has 0 aliphatic carbocycles. The van der Waals surface area contributed by atoms with Crippen molar-refractivity contribution in [1.29, 1.82) is 0 Å². The number of aromatic nitrogens is 1. The minimum Gasteiger partial charge on any atom is -0.493 e. The molecule has 0 radical (unpaired) electrons. The summed E-state index contributed by atoms with van der Waals surface area (Å²) in [5.74, 6) is 0.897. The van der Waals surface area contributed by atoms with Gasteiger partial charge in [-0.3, -0.25) is 4.98 Å². The van der Waals surface area contributed by atoms with E-state index in [0.29, 0.717) is 36.8 Å². The number of hydrogen-bond acceptors (Lipinski definition) is 7. The molecule has 2 aromatic carbocycles. The Balaban J connectivity index is 1.72. The summed E-state index contributed by atoms with van der Waals surface area (Å²) >= 11 is 0. The summed E-state index contributed by atoms with van der Waals surface area (Å²) in [5, 5.41) is 0. The van der Waals surface area contributed by atoms with Gasteiger partial charge in [-0.25, -0.2) is 4.79 Å². The first kappa shape index (κ1) is 22.6. The largest absolute Gasteiger partial charge is 0.493 e. The molecule has 1 aliphatic heterocycles. The van der Waals surface area contributed by atoms with E-state index in [9.17, 15) is 4.79 Å². The van der Waals surface area contributed by atoms with E-state index >= 15 is 0 Å². The fourth-order valence-electron chi connectivity index (χ4n) is 3.73. The van der Waals surface area contributed by atoms with Crippen LogP contribution in [0.4, 0.5) is 11.4 Å². The lowest BCUT2D eigenvalue weighted by Crippen LogP contribution is -2.18. The number of nitrogens with zero attached hydrogens (tertiary/aromatic N) is 2. The number of carbonyl (C=O) groups excluding carboxylic acids is 1. The second-order valence-electron chi connectivity index (χ2n) is 7.61. The highest BCUT2D eigenvalue weighted by atomic mass is 16.7. The van der Waals surface area contributed by atoms with Gasteiger partial charge < -0.3 is 23.8 Å². The highest BCUT2D eigenvalue weighted by Gasteiger charge is 2.21. The van der Waals surface area contributed by atoms with E-state index in [-0.39, 0.29) is 12.3 Å². The zero-order chi connectivity index (χ0) is 23.0. The molecule has 1 aliphatic rings. The lowest BCUT2D eigenvalue weighted by atomic mass is 10.1. The number of anilines is 2. The molecule has 0 bridgehead atoms. The molecule has 33 heavy (non-hydrogen) atoms. The van der Waals surface area contributed by atoms with Crippen LogP contribution in [0.1, 0.15) is 35.7 Å². The number of hydrogen-bond donors (Lipinski definition) is 0. The maximum absolute atomic E-state index is 12.3. The van der Waals surface area contributed by atoms with Crippen molar-refractivity contribution >= 4 is 17.3 Å². The van der Waals surface area contributed by atoms with E-state index in [0.717, 1.165) is 29.8 Å². The third-order valence-electron chi connectivity index (χ3n) is 5.34. The molecule has 7 nitrogen and oxygen atoms in total. The van der Waals surface area contributed by atoms with Crippen LogP contribution >= 0.6 is 0 Å². The fourth-order valence-corrected chi connectivity index (χ4v) is 3.73. The molecular weight excluding hydrogens is 420 g/mol. The van der Waals surface area contributed by atoms with E-state index in [1.54, 1.807) is 26.3 Å². The molecule has 1 fully saturated rings. The van der Waals surface area contributed by atoms with Crippen molar-refractivity contribution in [2.24, 2.45) is 0 Å². The van der Waals surface area contributed by atoms with Gasteiger partial charge in [-0.15, -0.1) is 0 Å². The van der Waals surface area contributed by atoms with E-state index < -0.39 is 0 Å². The first-order valence-corrected chi connectivity index (χ1v) is 11.1. The highest BCUT2D eigenvalue weighted by molar-refractivity contribution is 5.91. The molecule has 2 heterocycles. The molecule has 3 aromatic rings. The molecule has 7 heteroatoms. The van der Waals surface area contributed by atoms with Crippen molar-refractivity contribution in [3.63, 3.8) is 0 Å². The van der Waals surface area contributed by atoms with E-state index in [1.165, 1.54) is 0 Å². The quantitative estimate of drug-likeness (QED) is 0.421. The first-order valence-electron chi connectivity index (χ1n) is 11.1. The summed E-state index contributed by atoms with van der Waals surface area (Å²) in [5.41, 5.74) is 3.25. The fraction of sp³-hybridized carbons (Fsp3) is 0.308. The second kappa shape index (κ2) is 10.8. The number of benzene rings is 2. The number of pyridine rings is 1. The van der Waals surface area contributed by atoms with Gasteiger partial charge in [-0.2, -0.15) is 0 Å². The van der Waals surface area contributed by atoms with Gasteiger partial charge >= 0.3 is 5.97 Å². The summed E-state index contributed by atoms with van der Waals surface area (Å²) in [7, 11) is 1.62. The number of ether oxygens (including phenoxy) is 4. The number of esters is 1. The smallest absolute Gasteiger partial charge is 0.338 e. The van der Waals surface area contributed by atoms with Gasteiger partial charge in [0, 0.05) is 42.8 Å². The van der Waals surface area contributed by atoms with Gasteiger partial charge in [0.15, 0.2) is 17.8 Å². The molecule has 0 saturated carbocycles. The van der Waals surface area contributed by atoms with Crippen molar-refractivity contribution in [3.8, 4) is 11.5 Å². The Labute approximate surface area is 193 Å². The predicted octanol–water partition coefficient (Wildman–Crippen LogP) is 5.12. The first-order chi connectivity index (χ1) is 16.2. The molecule has 172 valence electrons. The maximum atomic E-state index is 12.3. The van der Waals surface area contributed by atoms with Gasteiger partial charge in [0.25, 0.3) is 0 Å². The topological polar surface area (TPSA) is 70.1 Å². The molecule has 0 unspecified atom stereocenters. The van der Waals surface area contributed by atoms with Gasteiger partial charge in [0.05, 0.1) is 25.9 Å². The molecule has 0 spiro atoms. The summed E-state index contributed by atoms with van der Waals surface area (Å²) in [6.07, 6.45) is 5.11. The van der Waals surface area contributed by atoms with Gasteiger partial charge in [-0.1, -0.05) is 12.1 Å². The van der Waals surface area contributed by atoms with Crippen LogP contribution in [0.3, 0.4) is 0 Å². The van der Waals surface area contributed by atoms with Crippen molar-refractivity contribution in [2.45, 2.75) is 32.6 Å². The average molecular weight is 449 g/mol. The van der Waals surface area contributed by atoms with Crippen LogP contribution in [0.25, 0.3) is 0 Å². The van der Waals surface area contributed by atoms with Gasteiger partial charge in [-0.05, 0) is 55.3 Å². The monoisotopic (exact) mass is 448 g/mol. The lowest BCUT2D eigenvalue weighted by molar-refractivity contribution is -0.0402. The Kier molecular flexibility index (Phi) is 7.42. The van der Waals surface area contributed by atoms with Crippen LogP contribution in [0.5, 0.6) is 11.5 Å². The highest BCUT2D eigenvalue weighted by Crippen LogP contribution is 2.37. The van der Waals surface area contributed by atoms with Crippen molar-refractivity contribution < 1.29 is 23.7 Å². The molecule has 1 saturated heterocycles. The Morgan fingerprint density at radius 1 is 1.12 bits per heavy atom. The van der Waals surface area contributed by atoms with Crippen LogP contribution in [0, 0.1) is 0 Å². The Morgan fingerprint density at radius 2 is 2.00 bits per heavy atom. The average Bonchev–Trinajstić information content (AvgIpc) is 3.36. The van der Waals surface area contributed by atoms with Crippen LogP contribution < -0.4 is 14.4 Å². The van der Waals surface area contributed by atoms with Crippen LogP contribution in [-0.2, 0) is 16.0 Å². The van der Waals surface area contributed by atoms with Crippen LogP contribution in [0.2, 0.25) is 0 Å². The van der Waals surface area contributed by atoms with Crippen molar-refractivity contribution in [2.75, 3.05) is 25.2 Å². The van der Waals surface area contributed by atoms with E-state index in [2.05, 4.69) is 9.88 Å². The molecule has 4 rings (SSSR count). The Hall–Kier alpha value is -3.58.